The zero-order valence-electron chi connectivity index (χ0n) is 14.9. The van der Waals surface area contributed by atoms with Gasteiger partial charge in [0.25, 0.3) is 0 Å². The summed E-state index contributed by atoms with van der Waals surface area (Å²) in [5.41, 5.74) is 4.65. The first kappa shape index (κ1) is 18.7. The maximum absolute atomic E-state index is 11.9. The molecule has 0 unspecified atom stereocenters. The molecule has 27 heavy (non-hydrogen) atoms. The zero-order chi connectivity index (χ0) is 19.1. The number of hydrogen-bond donors (Lipinski definition) is 2. The van der Waals surface area contributed by atoms with Crippen molar-refractivity contribution in [3.8, 4) is 21.9 Å². The largest absolute Gasteiger partial charge is 0.508 e. The first-order chi connectivity index (χ1) is 13.1. The number of aromatic hydroxyl groups is 1. The molecule has 0 aliphatic carbocycles. The molecule has 6 heteroatoms. The van der Waals surface area contributed by atoms with Crippen LogP contribution in [0.1, 0.15) is 16.9 Å². The fourth-order valence-electron chi connectivity index (χ4n) is 2.48. The van der Waals surface area contributed by atoms with E-state index in [0.717, 1.165) is 26.6 Å². The third-order valence-corrected chi connectivity index (χ3v) is 5.03. The van der Waals surface area contributed by atoms with Crippen LogP contribution in [-0.2, 0) is 11.2 Å². The fraction of sp³-hybridized carbons (Fsp3) is 0.143. The molecule has 0 radical (unpaired) electrons. The number of thiophene rings is 1. The van der Waals surface area contributed by atoms with Crippen LogP contribution in [0.4, 0.5) is 0 Å². The van der Waals surface area contributed by atoms with Gasteiger partial charge in [0.2, 0.25) is 5.91 Å². The highest BCUT2D eigenvalue weighted by Gasteiger charge is 2.03. The number of nitrogens with one attached hydrogen (secondary N) is 1. The van der Waals surface area contributed by atoms with E-state index < -0.39 is 0 Å². The molecule has 1 heterocycles. The second-order valence-corrected chi connectivity index (χ2v) is 7.01. The van der Waals surface area contributed by atoms with Crippen molar-refractivity contribution in [2.24, 2.45) is 5.10 Å². The first-order valence-electron chi connectivity index (χ1n) is 8.48. The minimum Gasteiger partial charge on any atom is -0.508 e. The number of hydrazone groups is 1. The van der Waals surface area contributed by atoms with Crippen molar-refractivity contribution >= 4 is 23.5 Å². The lowest BCUT2D eigenvalue weighted by atomic mass is 10.1. The van der Waals surface area contributed by atoms with Crippen molar-refractivity contribution in [3.05, 3.63) is 71.1 Å². The van der Waals surface area contributed by atoms with E-state index in [4.69, 9.17) is 4.74 Å². The Bertz CT molecular complexity index is 915. The number of amides is 1. The van der Waals surface area contributed by atoms with E-state index in [1.165, 1.54) is 0 Å². The lowest BCUT2D eigenvalue weighted by Gasteiger charge is -2.01. The number of benzene rings is 2. The van der Waals surface area contributed by atoms with Gasteiger partial charge >= 0.3 is 0 Å². The predicted molar refractivity (Wildman–Crippen MR) is 108 cm³/mol. The van der Waals surface area contributed by atoms with Crippen LogP contribution >= 0.6 is 11.3 Å². The van der Waals surface area contributed by atoms with E-state index in [0.29, 0.717) is 12.8 Å². The van der Waals surface area contributed by atoms with Gasteiger partial charge in [-0.15, -0.1) is 11.3 Å². The molecule has 2 N–H and O–H groups in total. The van der Waals surface area contributed by atoms with Crippen LogP contribution in [0.25, 0.3) is 10.4 Å². The third-order valence-electron chi connectivity index (χ3n) is 3.96. The van der Waals surface area contributed by atoms with E-state index in [9.17, 15) is 9.90 Å². The number of carbonyl (C=O) groups excluding carboxylic acids is 1. The van der Waals surface area contributed by atoms with Crippen LogP contribution in [0.15, 0.2) is 65.8 Å². The van der Waals surface area contributed by atoms with Crippen molar-refractivity contribution < 1.29 is 14.6 Å². The van der Waals surface area contributed by atoms with Gasteiger partial charge in [-0.2, -0.15) is 5.10 Å². The highest BCUT2D eigenvalue weighted by Crippen LogP contribution is 2.28. The van der Waals surface area contributed by atoms with Crippen molar-refractivity contribution in [1.29, 1.82) is 0 Å². The molecule has 3 aromatic rings. The number of phenols is 1. The van der Waals surface area contributed by atoms with Gasteiger partial charge in [0.05, 0.1) is 13.3 Å². The lowest BCUT2D eigenvalue weighted by Crippen LogP contribution is -2.17. The molecule has 5 nitrogen and oxygen atoms in total. The summed E-state index contributed by atoms with van der Waals surface area (Å²) < 4.78 is 5.17. The van der Waals surface area contributed by atoms with Crippen LogP contribution < -0.4 is 10.2 Å². The van der Waals surface area contributed by atoms with E-state index in [1.54, 1.807) is 48.9 Å². The quantitative estimate of drug-likeness (QED) is 0.476. The highest BCUT2D eigenvalue weighted by atomic mass is 32.1. The summed E-state index contributed by atoms with van der Waals surface area (Å²) in [5.74, 6) is 0.899. The summed E-state index contributed by atoms with van der Waals surface area (Å²) in [6.07, 6.45) is 2.59. The van der Waals surface area contributed by atoms with E-state index in [2.05, 4.69) is 10.5 Å². The number of aryl methyl sites for hydroxylation is 1. The fourth-order valence-corrected chi connectivity index (χ4v) is 3.36. The summed E-state index contributed by atoms with van der Waals surface area (Å²) >= 11 is 1.60. The maximum Gasteiger partial charge on any atom is 0.240 e. The highest BCUT2D eigenvalue weighted by molar-refractivity contribution is 7.17. The maximum atomic E-state index is 11.9. The van der Waals surface area contributed by atoms with Crippen molar-refractivity contribution in [3.63, 3.8) is 0 Å². The lowest BCUT2D eigenvalue weighted by molar-refractivity contribution is -0.121. The van der Waals surface area contributed by atoms with Crippen molar-refractivity contribution in [2.75, 3.05) is 7.11 Å². The zero-order valence-corrected chi connectivity index (χ0v) is 15.7. The molecule has 3 rings (SSSR count). The molecule has 1 amide bonds. The van der Waals surface area contributed by atoms with Crippen molar-refractivity contribution in [1.82, 2.24) is 5.43 Å². The Labute approximate surface area is 161 Å². The molecule has 0 aliphatic rings. The van der Waals surface area contributed by atoms with E-state index in [1.807, 2.05) is 36.4 Å². The number of rotatable bonds is 7. The Morgan fingerprint density at radius 2 is 1.85 bits per heavy atom. The Morgan fingerprint density at radius 3 is 2.56 bits per heavy atom. The molecule has 0 saturated heterocycles. The summed E-state index contributed by atoms with van der Waals surface area (Å²) in [6.45, 7) is 0. The third kappa shape index (κ3) is 5.43. The molecule has 0 atom stereocenters. The normalized spacial score (nSPS) is 10.9. The standard InChI is InChI=1S/C21H20N2O3S/c1-26-18-9-5-16(6-10-18)20-12-11-19(27-20)14-22-23-21(25)13-4-15-2-7-17(24)8-3-15/h2-3,5-12,14,24H,4,13H2,1H3,(H,23,25). The van der Waals surface area contributed by atoms with Gasteiger partial charge in [0.1, 0.15) is 11.5 Å². The number of carbonyl (C=O) groups is 1. The number of methoxy groups -OCH3 is 1. The minimum absolute atomic E-state index is 0.147. The SMILES string of the molecule is COc1ccc(-c2ccc(C=NNC(=O)CCc3ccc(O)cc3)s2)cc1. The molecule has 0 spiro atoms. The van der Waals surface area contributed by atoms with Gasteiger partial charge < -0.3 is 9.84 Å². The Kier molecular flexibility index (Phi) is 6.22. The Hall–Kier alpha value is -3.12. The summed E-state index contributed by atoms with van der Waals surface area (Å²) in [6, 6.07) is 18.7. The Morgan fingerprint density at radius 1 is 1.11 bits per heavy atom. The molecule has 0 bridgehead atoms. The van der Waals surface area contributed by atoms with E-state index in [-0.39, 0.29) is 11.7 Å². The first-order valence-corrected chi connectivity index (χ1v) is 9.30. The summed E-state index contributed by atoms with van der Waals surface area (Å²) in [5, 5.41) is 13.3. The van der Waals surface area contributed by atoms with Gasteiger partial charge in [-0.25, -0.2) is 5.43 Å². The van der Waals surface area contributed by atoms with Crippen LogP contribution in [0.5, 0.6) is 11.5 Å². The van der Waals surface area contributed by atoms with Crippen LogP contribution in [-0.4, -0.2) is 24.3 Å². The molecule has 2 aromatic carbocycles. The molecule has 0 saturated carbocycles. The summed E-state index contributed by atoms with van der Waals surface area (Å²) in [4.78, 5) is 14.0. The number of nitrogens with zero attached hydrogens (tertiary/aromatic N) is 1. The number of ether oxygens (including phenoxy) is 1. The van der Waals surface area contributed by atoms with Crippen molar-refractivity contribution in [2.45, 2.75) is 12.8 Å². The van der Waals surface area contributed by atoms with Crippen LogP contribution in [0.2, 0.25) is 0 Å². The molecular formula is C21H20N2O3S. The average Bonchev–Trinajstić information content (AvgIpc) is 3.16. The Balaban J connectivity index is 1.50. The summed E-state index contributed by atoms with van der Waals surface area (Å²) in [7, 11) is 1.65. The van der Waals surface area contributed by atoms with Crippen LogP contribution in [0, 0.1) is 0 Å². The number of phenolic OH excluding ortho intramolecular Hbond substituents is 1. The molecular weight excluding hydrogens is 360 g/mol. The van der Waals surface area contributed by atoms with Crippen LogP contribution in [0.3, 0.4) is 0 Å². The molecule has 0 fully saturated rings. The van der Waals surface area contributed by atoms with E-state index >= 15 is 0 Å². The molecule has 138 valence electrons. The topological polar surface area (TPSA) is 70.9 Å². The van der Waals surface area contributed by atoms with Gasteiger partial charge in [-0.05, 0) is 66.1 Å². The number of hydrogen-bond acceptors (Lipinski definition) is 5. The van der Waals surface area contributed by atoms with Gasteiger partial charge in [-0.1, -0.05) is 12.1 Å². The minimum atomic E-state index is -0.147. The molecule has 1 aromatic heterocycles. The van der Waals surface area contributed by atoms with Gasteiger partial charge in [0.15, 0.2) is 0 Å². The monoisotopic (exact) mass is 380 g/mol. The second-order valence-electron chi connectivity index (χ2n) is 5.89. The predicted octanol–water partition coefficient (Wildman–Crippen LogP) is 4.21. The second kappa shape index (κ2) is 9.00. The van der Waals surface area contributed by atoms with Gasteiger partial charge in [-0.3, -0.25) is 4.79 Å². The van der Waals surface area contributed by atoms with Gasteiger partial charge in [0, 0.05) is 16.2 Å². The smallest absolute Gasteiger partial charge is 0.240 e. The average molecular weight is 380 g/mol. The molecule has 0 aliphatic heterocycles.